The predicted octanol–water partition coefficient (Wildman–Crippen LogP) is 3.85. The second-order valence-electron chi connectivity index (χ2n) is 3.79. The molecule has 0 amide bonds. The van der Waals surface area contributed by atoms with Gasteiger partial charge in [0, 0.05) is 12.5 Å². The van der Waals surface area contributed by atoms with Crippen molar-refractivity contribution in [3.8, 4) is 0 Å². The molecule has 4 heteroatoms. The maximum Gasteiger partial charge on any atom is 0.330 e. The third-order valence-electron chi connectivity index (χ3n) is 1.67. The second-order valence-corrected chi connectivity index (χ2v) is 4.21. The highest BCUT2D eigenvalue weighted by Gasteiger charge is 1.92. The minimum atomic E-state index is -0.252. The summed E-state index contributed by atoms with van der Waals surface area (Å²) in [7, 11) is 0. The molecule has 17 heavy (non-hydrogen) atoms. The molecule has 0 aromatic heterocycles. The number of esters is 1. The molecule has 0 saturated carbocycles. The summed E-state index contributed by atoms with van der Waals surface area (Å²) in [4.78, 5) is 20.6. The molecular formula is C13H23ClO3. The lowest BCUT2D eigenvalue weighted by Gasteiger charge is -1.94. The second kappa shape index (κ2) is 13.2. The average Bonchev–Trinajstić information content (AvgIpc) is 2.17. The van der Waals surface area contributed by atoms with Crippen molar-refractivity contribution in [3.63, 3.8) is 0 Å². The Bertz CT molecular complexity index is 243. The van der Waals surface area contributed by atoms with Gasteiger partial charge in [-0.25, -0.2) is 4.79 Å². The molecule has 3 nitrogen and oxygen atoms in total. The van der Waals surface area contributed by atoms with Gasteiger partial charge in [-0.2, -0.15) is 0 Å². The lowest BCUT2D eigenvalue weighted by atomic mass is 10.2. The van der Waals surface area contributed by atoms with E-state index in [9.17, 15) is 9.59 Å². The number of rotatable bonds is 6. The van der Waals surface area contributed by atoms with Gasteiger partial charge in [0.1, 0.15) is 0 Å². The van der Waals surface area contributed by atoms with Crippen LogP contribution in [0.4, 0.5) is 0 Å². The van der Waals surface area contributed by atoms with E-state index in [0.717, 1.165) is 24.8 Å². The van der Waals surface area contributed by atoms with E-state index in [-0.39, 0.29) is 11.2 Å². The Labute approximate surface area is 109 Å². The molecular weight excluding hydrogens is 240 g/mol. The van der Waals surface area contributed by atoms with Gasteiger partial charge in [0.25, 0.3) is 0 Å². The molecule has 0 unspecified atom stereocenters. The fourth-order valence-corrected chi connectivity index (χ4v) is 1.07. The molecule has 0 fully saturated rings. The smallest absolute Gasteiger partial charge is 0.330 e. The molecule has 0 spiro atoms. The molecule has 0 radical (unpaired) electrons. The van der Waals surface area contributed by atoms with Crippen LogP contribution in [0.15, 0.2) is 11.6 Å². The average molecular weight is 263 g/mol. The zero-order valence-electron chi connectivity index (χ0n) is 11.2. The summed E-state index contributed by atoms with van der Waals surface area (Å²) in [6.07, 6.45) is 5.21. The van der Waals surface area contributed by atoms with Crippen LogP contribution in [0.5, 0.6) is 0 Å². The van der Waals surface area contributed by atoms with Crippen molar-refractivity contribution in [2.45, 2.75) is 53.4 Å². The molecule has 0 aliphatic rings. The van der Waals surface area contributed by atoms with Gasteiger partial charge < -0.3 is 4.74 Å². The van der Waals surface area contributed by atoms with Crippen molar-refractivity contribution in [2.24, 2.45) is 0 Å². The van der Waals surface area contributed by atoms with Crippen molar-refractivity contribution in [1.82, 2.24) is 0 Å². The van der Waals surface area contributed by atoms with E-state index < -0.39 is 0 Å². The largest absolute Gasteiger partial charge is 0.463 e. The summed E-state index contributed by atoms with van der Waals surface area (Å²) < 4.78 is 4.64. The molecule has 0 heterocycles. The number of halogens is 1. The van der Waals surface area contributed by atoms with Crippen molar-refractivity contribution >= 4 is 22.8 Å². The van der Waals surface area contributed by atoms with Gasteiger partial charge in [0.15, 0.2) is 0 Å². The van der Waals surface area contributed by atoms with Crippen LogP contribution in [0.25, 0.3) is 0 Å². The van der Waals surface area contributed by atoms with E-state index in [1.807, 2.05) is 13.8 Å². The molecule has 0 bridgehead atoms. The van der Waals surface area contributed by atoms with E-state index in [2.05, 4.69) is 11.7 Å². The summed E-state index contributed by atoms with van der Waals surface area (Å²) in [5.74, 6) is -0.252. The van der Waals surface area contributed by atoms with Crippen molar-refractivity contribution < 1.29 is 14.3 Å². The number of hydrogen-bond acceptors (Lipinski definition) is 3. The summed E-state index contributed by atoms with van der Waals surface area (Å²) in [5, 5.41) is -0.210. The van der Waals surface area contributed by atoms with Gasteiger partial charge >= 0.3 is 5.97 Å². The minimum absolute atomic E-state index is 0.210. The predicted molar refractivity (Wildman–Crippen MR) is 71.1 cm³/mol. The molecule has 0 atom stereocenters. The van der Waals surface area contributed by atoms with Crippen LogP contribution in [-0.4, -0.2) is 17.8 Å². The van der Waals surface area contributed by atoms with Gasteiger partial charge in [-0.1, -0.05) is 25.3 Å². The summed E-state index contributed by atoms with van der Waals surface area (Å²) in [6.45, 7) is 8.05. The number of allylic oxidation sites excluding steroid dienone is 1. The standard InChI is InChI=1S/C7H12O2.C6H11ClO/c1-4-9-7(8)5-6(2)3;1-2-3-4-5-6(7)8/h5H,4H2,1-3H3;2-5H2,1H3. The fourth-order valence-electron chi connectivity index (χ4n) is 0.934. The lowest BCUT2D eigenvalue weighted by molar-refractivity contribution is -0.137. The van der Waals surface area contributed by atoms with Crippen molar-refractivity contribution in [1.29, 1.82) is 0 Å². The van der Waals surface area contributed by atoms with E-state index in [4.69, 9.17) is 11.6 Å². The van der Waals surface area contributed by atoms with E-state index in [1.165, 1.54) is 6.08 Å². The van der Waals surface area contributed by atoms with Crippen LogP contribution in [0.1, 0.15) is 53.4 Å². The Morgan fingerprint density at radius 1 is 1.18 bits per heavy atom. The zero-order chi connectivity index (χ0) is 13.7. The molecule has 0 aliphatic heterocycles. The van der Waals surface area contributed by atoms with Gasteiger partial charge in [0.05, 0.1) is 6.61 Å². The normalized spacial score (nSPS) is 8.76. The van der Waals surface area contributed by atoms with Crippen LogP contribution in [0.2, 0.25) is 0 Å². The Kier molecular flexibility index (Phi) is 14.4. The maximum atomic E-state index is 10.6. The van der Waals surface area contributed by atoms with E-state index in [1.54, 1.807) is 6.92 Å². The molecule has 100 valence electrons. The minimum Gasteiger partial charge on any atom is -0.463 e. The first-order chi connectivity index (χ1) is 7.93. The number of ether oxygens (including phenoxy) is 1. The van der Waals surface area contributed by atoms with Gasteiger partial charge in [0.2, 0.25) is 5.24 Å². The molecule has 0 aromatic carbocycles. The Balaban J connectivity index is 0. The first-order valence-corrected chi connectivity index (χ1v) is 6.31. The first kappa shape index (κ1) is 18.5. The SMILES string of the molecule is CCCCCC(=O)Cl.CCOC(=O)C=C(C)C. The van der Waals surface area contributed by atoms with Crippen LogP contribution in [0.3, 0.4) is 0 Å². The molecule has 0 N–H and O–H groups in total. The van der Waals surface area contributed by atoms with Gasteiger partial charge in [-0.05, 0) is 38.8 Å². The highest BCUT2D eigenvalue weighted by Crippen LogP contribution is 2.00. The number of carbonyl (C=O) groups is 2. The summed E-state index contributed by atoms with van der Waals surface area (Å²) in [6, 6.07) is 0. The highest BCUT2D eigenvalue weighted by atomic mass is 35.5. The Morgan fingerprint density at radius 2 is 1.76 bits per heavy atom. The third-order valence-corrected chi connectivity index (χ3v) is 1.86. The van der Waals surface area contributed by atoms with Crippen molar-refractivity contribution in [3.05, 3.63) is 11.6 Å². The van der Waals surface area contributed by atoms with Crippen LogP contribution >= 0.6 is 11.6 Å². The van der Waals surface area contributed by atoms with Crippen LogP contribution in [0, 0.1) is 0 Å². The summed E-state index contributed by atoms with van der Waals surface area (Å²) >= 11 is 5.07. The number of carbonyl (C=O) groups excluding carboxylic acids is 2. The lowest BCUT2D eigenvalue weighted by Crippen LogP contribution is -1.99. The summed E-state index contributed by atoms with van der Waals surface area (Å²) in [5.41, 5.74) is 0.966. The fraction of sp³-hybridized carbons (Fsp3) is 0.692. The molecule has 0 aliphatic carbocycles. The Morgan fingerprint density at radius 3 is 2.12 bits per heavy atom. The number of hydrogen-bond donors (Lipinski definition) is 0. The van der Waals surface area contributed by atoms with E-state index >= 15 is 0 Å². The van der Waals surface area contributed by atoms with Crippen LogP contribution in [-0.2, 0) is 14.3 Å². The third kappa shape index (κ3) is 21.1. The molecule has 0 rings (SSSR count). The number of unbranched alkanes of at least 4 members (excludes halogenated alkanes) is 2. The van der Waals surface area contributed by atoms with Gasteiger partial charge in [-0.15, -0.1) is 0 Å². The molecule has 0 saturated heterocycles. The quantitative estimate of drug-likeness (QED) is 0.316. The zero-order valence-corrected chi connectivity index (χ0v) is 12.0. The Hall–Kier alpha value is -0.830. The van der Waals surface area contributed by atoms with Gasteiger partial charge in [-0.3, -0.25) is 4.79 Å². The monoisotopic (exact) mass is 262 g/mol. The maximum absolute atomic E-state index is 10.6. The first-order valence-electron chi connectivity index (χ1n) is 5.94. The molecule has 0 aromatic rings. The topological polar surface area (TPSA) is 43.4 Å². The van der Waals surface area contributed by atoms with Crippen LogP contribution < -0.4 is 0 Å². The highest BCUT2D eigenvalue weighted by molar-refractivity contribution is 6.63. The van der Waals surface area contributed by atoms with Crippen molar-refractivity contribution in [2.75, 3.05) is 6.61 Å². The van der Waals surface area contributed by atoms with E-state index in [0.29, 0.717) is 13.0 Å².